The molecule has 2 aromatic heterocycles. The highest BCUT2D eigenvalue weighted by Gasteiger charge is 2.11. The van der Waals surface area contributed by atoms with Crippen LogP contribution in [0.4, 0.5) is 5.82 Å². The van der Waals surface area contributed by atoms with E-state index in [1.807, 2.05) is 26.1 Å². The summed E-state index contributed by atoms with van der Waals surface area (Å²) >= 11 is 0. The Kier molecular flexibility index (Phi) is 6.83. The second-order valence-electron chi connectivity index (χ2n) is 5.56. The number of nitrogens with one attached hydrogen (secondary N) is 2. The molecule has 0 radical (unpaired) electrons. The molecule has 0 saturated heterocycles. The summed E-state index contributed by atoms with van der Waals surface area (Å²) in [5, 5.41) is 3.37. The van der Waals surface area contributed by atoms with Gasteiger partial charge in [-0.05, 0) is 43.0 Å². The van der Waals surface area contributed by atoms with Gasteiger partial charge in [-0.25, -0.2) is 4.98 Å². The number of anilines is 1. The largest absolute Gasteiger partial charge is 0.368 e. The monoisotopic (exact) mass is 301 g/mol. The van der Waals surface area contributed by atoms with Crippen LogP contribution in [0.1, 0.15) is 53.0 Å². The Morgan fingerprint density at radius 3 is 2.32 bits per heavy atom. The van der Waals surface area contributed by atoms with E-state index in [9.17, 15) is 4.79 Å². The molecule has 0 aliphatic heterocycles. The highest BCUT2D eigenvalue weighted by Crippen LogP contribution is 2.27. The third-order valence-electron chi connectivity index (χ3n) is 3.07. The maximum Gasteiger partial charge on any atom is 0.248 e. The van der Waals surface area contributed by atoms with Crippen molar-refractivity contribution in [3.63, 3.8) is 0 Å². The minimum absolute atomic E-state index is 0.0991. The highest BCUT2D eigenvalue weighted by atomic mass is 16.1. The normalized spacial score (nSPS) is 10.4. The average molecular weight is 301 g/mol. The molecule has 2 rings (SSSR count). The second kappa shape index (κ2) is 8.37. The van der Waals surface area contributed by atoms with E-state index in [4.69, 9.17) is 0 Å². The Hall–Kier alpha value is -2.10. The lowest BCUT2D eigenvalue weighted by Gasteiger charge is -2.17. The third-order valence-corrected chi connectivity index (χ3v) is 3.07. The molecule has 0 amide bonds. The summed E-state index contributed by atoms with van der Waals surface area (Å²) in [6, 6.07) is 5.93. The molecule has 0 aliphatic carbocycles. The van der Waals surface area contributed by atoms with Crippen LogP contribution in [-0.4, -0.2) is 16.0 Å². The fraction of sp³-hybridized carbons (Fsp3) is 0.444. The van der Waals surface area contributed by atoms with Gasteiger partial charge in [0.25, 0.3) is 0 Å². The molecule has 22 heavy (non-hydrogen) atoms. The number of rotatable bonds is 4. The van der Waals surface area contributed by atoms with Crippen LogP contribution in [0.2, 0.25) is 0 Å². The smallest absolute Gasteiger partial charge is 0.248 e. The van der Waals surface area contributed by atoms with Gasteiger partial charge in [-0.1, -0.05) is 27.7 Å². The van der Waals surface area contributed by atoms with Crippen LogP contribution in [0.25, 0.3) is 11.1 Å². The minimum Gasteiger partial charge on any atom is -0.368 e. The Balaban J connectivity index is 0.00000116. The molecular formula is C18H27N3O. The molecule has 2 aromatic rings. The van der Waals surface area contributed by atoms with Gasteiger partial charge < -0.3 is 10.3 Å². The van der Waals surface area contributed by atoms with Crippen LogP contribution in [-0.2, 0) is 0 Å². The van der Waals surface area contributed by atoms with Crippen molar-refractivity contribution in [1.82, 2.24) is 9.97 Å². The van der Waals surface area contributed by atoms with E-state index in [-0.39, 0.29) is 5.56 Å². The van der Waals surface area contributed by atoms with Gasteiger partial charge in [0, 0.05) is 30.1 Å². The molecule has 2 heterocycles. The number of hydrogen-bond donors (Lipinski definition) is 2. The first-order valence-electron chi connectivity index (χ1n) is 7.93. The predicted octanol–water partition coefficient (Wildman–Crippen LogP) is 4.41. The van der Waals surface area contributed by atoms with E-state index < -0.39 is 0 Å². The van der Waals surface area contributed by atoms with Gasteiger partial charge in [0.05, 0.1) is 0 Å². The maximum atomic E-state index is 11.4. The van der Waals surface area contributed by atoms with Gasteiger partial charge in [-0.15, -0.1) is 0 Å². The maximum absolute atomic E-state index is 11.4. The third kappa shape index (κ3) is 4.72. The summed E-state index contributed by atoms with van der Waals surface area (Å²) in [5.74, 6) is 1.29. The van der Waals surface area contributed by atoms with Gasteiger partial charge >= 0.3 is 0 Å². The van der Waals surface area contributed by atoms with Crippen molar-refractivity contribution < 1.29 is 0 Å². The summed E-state index contributed by atoms with van der Waals surface area (Å²) < 4.78 is 0. The van der Waals surface area contributed by atoms with Crippen molar-refractivity contribution >= 4 is 5.82 Å². The summed E-state index contributed by atoms with van der Waals surface area (Å²) in [6.45, 7) is 12.5. The Morgan fingerprint density at radius 2 is 1.77 bits per heavy atom. The van der Waals surface area contributed by atoms with Crippen molar-refractivity contribution in [2.75, 3.05) is 5.32 Å². The standard InChI is InChI=1S/C16H21N3O.C2H6/c1-10(2)14-7-13(9-18-16(14)19-11(3)4)12-5-6-17-15(20)8-12;1-2/h5-11H,1-4H3,(H,17,20)(H,18,19);1-2H3. The van der Waals surface area contributed by atoms with E-state index in [1.165, 1.54) is 0 Å². The first-order valence-corrected chi connectivity index (χ1v) is 7.93. The topological polar surface area (TPSA) is 57.8 Å². The molecule has 4 nitrogen and oxygen atoms in total. The van der Waals surface area contributed by atoms with Crippen molar-refractivity contribution in [3.05, 3.63) is 46.5 Å². The van der Waals surface area contributed by atoms with Gasteiger partial charge in [-0.2, -0.15) is 0 Å². The summed E-state index contributed by atoms with van der Waals surface area (Å²) in [4.78, 5) is 18.6. The first-order chi connectivity index (χ1) is 10.5. The summed E-state index contributed by atoms with van der Waals surface area (Å²) in [5.41, 5.74) is 2.92. The molecule has 2 N–H and O–H groups in total. The predicted molar refractivity (Wildman–Crippen MR) is 94.5 cm³/mol. The van der Waals surface area contributed by atoms with Crippen LogP contribution in [0, 0.1) is 0 Å². The SMILES string of the molecule is CC.CC(C)Nc1ncc(-c2cc[nH]c(=O)c2)cc1C(C)C. The molecule has 0 unspecified atom stereocenters. The van der Waals surface area contributed by atoms with Gasteiger partial charge in [0.2, 0.25) is 5.56 Å². The molecule has 0 bridgehead atoms. The summed E-state index contributed by atoms with van der Waals surface area (Å²) in [7, 11) is 0. The van der Waals surface area contributed by atoms with E-state index in [2.05, 4.69) is 49.0 Å². The molecular weight excluding hydrogens is 274 g/mol. The molecule has 0 atom stereocenters. The number of aromatic amines is 1. The number of aromatic nitrogens is 2. The fourth-order valence-corrected chi connectivity index (χ4v) is 2.10. The van der Waals surface area contributed by atoms with E-state index in [1.54, 1.807) is 12.3 Å². The molecule has 120 valence electrons. The Morgan fingerprint density at radius 1 is 1.09 bits per heavy atom. The average Bonchev–Trinajstić information content (AvgIpc) is 2.49. The van der Waals surface area contributed by atoms with Gasteiger partial charge in [-0.3, -0.25) is 4.79 Å². The van der Waals surface area contributed by atoms with Crippen LogP contribution < -0.4 is 10.9 Å². The molecule has 0 aliphatic rings. The molecule has 0 aromatic carbocycles. The number of nitrogens with zero attached hydrogens (tertiary/aromatic N) is 1. The molecule has 0 fully saturated rings. The van der Waals surface area contributed by atoms with Crippen LogP contribution >= 0.6 is 0 Å². The zero-order valence-corrected chi connectivity index (χ0v) is 14.4. The van der Waals surface area contributed by atoms with Crippen molar-refractivity contribution in [1.29, 1.82) is 0 Å². The zero-order chi connectivity index (χ0) is 16.7. The quantitative estimate of drug-likeness (QED) is 0.879. The molecule has 0 spiro atoms. The molecule has 4 heteroatoms. The summed E-state index contributed by atoms with van der Waals surface area (Å²) in [6.07, 6.45) is 3.47. The van der Waals surface area contributed by atoms with Crippen LogP contribution in [0.3, 0.4) is 0 Å². The fourth-order valence-electron chi connectivity index (χ4n) is 2.10. The lowest BCUT2D eigenvalue weighted by atomic mass is 9.99. The van der Waals surface area contributed by atoms with E-state index in [0.717, 1.165) is 22.5 Å². The van der Waals surface area contributed by atoms with Gasteiger partial charge in [0.1, 0.15) is 5.82 Å². The Labute approximate surface area is 133 Å². The van der Waals surface area contributed by atoms with Crippen molar-refractivity contribution in [2.45, 2.75) is 53.5 Å². The molecule has 0 saturated carbocycles. The second-order valence-corrected chi connectivity index (χ2v) is 5.56. The van der Waals surface area contributed by atoms with Crippen LogP contribution in [0.15, 0.2) is 35.4 Å². The number of hydrogen-bond acceptors (Lipinski definition) is 3. The minimum atomic E-state index is -0.0991. The van der Waals surface area contributed by atoms with E-state index >= 15 is 0 Å². The van der Waals surface area contributed by atoms with Crippen LogP contribution in [0.5, 0.6) is 0 Å². The highest BCUT2D eigenvalue weighted by molar-refractivity contribution is 5.65. The number of pyridine rings is 2. The number of H-pyrrole nitrogens is 1. The first kappa shape index (κ1) is 18.0. The van der Waals surface area contributed by atoms with Crippen molar-refractivity contribution in [2.24, 2.45) is 0 Å². The van der Waals surface area contributed by atoms with Gasteiger partial charge in [0.15, 0.2) is 0 Å². The lowest BCUT2D eigenvalue weighted by Crippen LogP contribution is -2.13. The van der Waals surface area contributed by atoms with E-state index in [0.29, 0.717) is 12.0 Å². The lowest BCUT2D eigenvalue weighted by molar-refractivity contribution is 0.834. The van der Waals surface area contributed by atoms with Crippen molar-refractivity contribution in [3.8, 4) is 11.1 Å². The zero-order valence-electron chi connectivity index (χ0n) is 14.4. The Bertz CT molecular complexity index is 645.